The van der Waals surface area contributed by atoms with Crippen molar-refractivity contribution in [2.75, 3.05) is 5.32 Å². The van der Waals surface area contributed by atoms with E-state index in [1.54, 1.807) is 0 Å². The molecular weight excluding hydrogens is 244 g/mol. The molecule has 1 heterocycles. The second-order valence-electron chi connectivity index (χ2n) is 7.16. The van der Waals surface area contributed by atoms with Gasteiger partial charge in [0, 0.05) is 5.92 Å². The Labute approximate surface area is 114 Å². The molecular formula is C13H24N4O2. The number of nitrogens with one attached hydrogen (secondary N) is 1. The van der Waals surface area contributed by atoms with Gasteiger partial charge >= 0.3 is 0 Å². The van der Waals surface area contributed by atoms with E-state index in [1.807, 2.05) is 20.8 Å². The topological polar surface area (TPSA) is 80.0 Å². The number of carbonyl (C=O) groups excluding carboxylic acids is 1. The van der Waals surface area contributed by atoms with Gasteiger partial charge in [0.25, 0.3) is 5.95 Å². The minimum atomic E-state index is -0.154. The first-order chi connectivity index (χ1) is 8.49. The summed E-state index contributed by atoms with van der Waals surface area (Å²) in [6, 6.07) is 0. The van der Waals surface area contributed by atoms with Crippen LogP contribution in [0.25, 0.3) is 0 Å². The van der Waals surface area contributed by atoms with Crippen LogP contribution in [0.4, 0.5) is 5.95 Å². The fraction of sp³-hybridized carbons (Fsp3) is 0.769. The van der Waals surface area contributed by atoms with Crippen molar-refractivity contribution in [3.63, 3.8) is 0 Å². The molecule has 1 amide bonds. The first kappa shape index (κ1) is 15.5. The summed E-state index contributed by atoms with van der Waals surface area (Å²) < 4.78 is 0. The lowest BCUT2D eigenvalue weighted by atomic mass is 9.72. The Hall–Kier alpha value is -1.59. The summed E-state index contributed by atoms with van der Waals surface area (Å²) >= 11 is 0. The average molecular weight is 268 g/mol. The Morgan fingerprint density at radius 2 is 1.95 bits per heavy atom. The summed E-state index contributed by atoms with van der Waals surface area (Å²) in [7, 11) is 0. The van der Waals surface area contributed by atoms with Gasteiger partial charge in [-0.1, -0.05) is 51.5 Å². The Morgan fingerprint density at radius 1 is 1.37 bits per heavy atom. The van der Waals surface area contributed by atoms with Gasteiger partial charge in [-0.15, -0.1) is 0 Å². The number of amides is 1. The summed E-state index contributed by atoms with van der Waals surface area (Å²) in [4.78, 5) is 16.7. The van der Waals surface area contributed by atoms with Crippen molar-refractivity contribution < 1.29 is 10.0 Å². The molecule has 6 heteroatoms. The van der Waals surface area contributed by atoms with Gasteiger partial charge in [0.15, 0.2) is 6.33 Å². The maximum Gasteiger partial charge on any atom is 0.252 e. The highest BCUT2D eigenvalue weighted by molar-refractivity contribution is 5.91. The van der Waals surface area contributed by atoms with Gasteiger partial charge in [0.05, 0.1) is 0 Å². The standard InChI is InChI=1S/C13H24N4O2/c1-12(2,3)7-9(13(4,5)6)10(18)15-11-14-8-17(19)16-11/h8-9,19H,7H2,1-6H3,(H,15,16,18). The number of aromatic nitrogens is 3. The molecule has 0 spiro atoms. The summed E-state index contributed by atoms with van der Waals surface area (Å²) in [6.07, 6.45) is 1.90. The fourth-order valence-corrected chi connectivity index (χ4v) is 1.91. The zero-order chi connectivity index (χ0) is 14.8. The Balaban J connectivity index is 2.83. The molecule has 1 aromatic rings. The molecule has 2 N–H and O–H groups in total. The van der Waals surface area contributed by atoms with E-state index in [4.69, 9.17) is 5.21 Å². The predicted molar refractivity (Wildman–Crippen MR) is 72.9 cm³/mol. The van der Waals surface area contributed by atoms with Crippen molar-refractivity contribution in [3.05, 3.63) is 6.33 Å². The minimum Gasteiger partial charge on any atom is -0.410 e. The fourth-order valence-electron chi connectivity index (χ4n) is 1.91. The van der Waals surface area contributed by atoms with Gasteiger partial charge < -0.3 is 5.21 Å². The second kappa shape index (κ2) is 5.19. The lowest BCUT2D eigenvalue weighted by Gasteiger charge is -2.34. The van der Waals surface area contributed by atoms with E-state index in [0.717, 1.165) is 12.7 Å². The van der Waals surface area contributed by atoms with Crippen LogP contribution in [0.2, 0.25) is 0 Å². The van der Waals surface area contributed by atoms with Crippen LogP contribution in [0.5, 0.6) is 0 Å². The molecule has 0 saturated heterocycles. The number of hydrogen-bond donors (Lipinski definition) is 2. The van der Waals surface area contributed by atoms with Crippen LogP contribution in [0.3, 0.4) is 0 Å². The average Bonchev–Trinajstić information content (AvgIpc) is 2.57. The molecule has 0 fully saturated rings. The van der Waals surface area contributed by atoms with Crippen LogP contribution < -0.4 is 5.32 Å². The summed E-state index contributed by atoms with van der Waals surface area (Å²) in [6.45, 7) is 12.5. The maximum absolute atomic E-state index is 12.4. The van der Waals surface area contributed by atoms with E-state index < -0.39 is 0 Å². The monoisotopic (exact) mass is 268 g/mol. The van der Waals surface area contributed by atoms with Crippen LogP contribution in [-0.4, -0.2) is 26.0 Å². The zero-order valence-corrected chi connectivity index (χ0v) is 12.6. The number of hydrogen-bond acceptors (Lipinski definition) is 4. The molecule has 0 aliphatic carbocycles. The van der Waals surface area contributed by atoms with Gasteiger partial charge in [0.1, 0.15) is 0 Å². The highest BCUT2D eigenvalue weighted by Crippen LogP contribution is 2.36. The van der Waals surface area contributed by atoms with Crippen LogP contribution in [0.1, 0.15) is 48.0 Å². The van der Waals surface area contributed by atoms with Crippen molar-refractivity contribution in [3.8, 4) is 0 Å². The van der Waals surface area contributed by atoms with Gasteiger partial charge in [-0.25, -0.2) is 0 Å². The van der Waals surface area contributed by atoms with E-state index in [-0.39, 0.29) is 28.6 Å². The van der Waals surface area contributed by atoms with E-state index >= 15 is 0 Å². The molecule has 108 valence electrons. The summed E-state index contributed by atoms with van der Waals surface area (Å²) in [5, 5.41) is 15.3. The predicted octanol–water partition coefficient (Wildman–Crippen LogP) is 2.55. The third-order valence-electron chi connectivity index (χ3n) is 2.89. The molecule has 0 bridgehead atoms. The SMILES string of the molecule is CC(C)(C)CC(C(=O)Nc1ncn(O)n1)C(C)(C)C. The molecule has 6 nitrogen and oxygen atoms in total. The van der Waals surface area contributed by atoms with E-state index in [1.165, 1.54) is 0 Å². The summed E-state index contributed by atoms with van der Waals surface area (Å²) in [5.41, 5.74) is -0.0990. The van der Waals surface area contributed by atoms with E-state index in [0.29, 0.717) is 4.85 Å². The first-order valence-electron chi connectivity index (χ1n) is 6.41. The highest BCUT2D eigenvalue weighted by Gasteiger charge is 2.35. The maximum atomic E-state index is 12.4. The van der Waals surface area contributed by atoms with Crippen molar-refractivity contribution in [2.24, 2.45) is 16.7 Å². The highest BCUT2D eigenvalue weighted by atomic mass is 16.5. The number of anilines is 1. The Morgan fingerprint density at radius 3 is 2.32 bits per heavy atom. The van der Waals surface area contributed by atoms with Gasteiger partial charge in [0.2, 0.25) is 5.91 Å². The minimum absolute atomic E-state index is 0.0546. The molecule has 1 atom stereocenters. The molecule has 1 rings (SSSR count). The molecule has 0 saturated carbocycles. The molecule has 0 aliphatic rings. The molecule has 0 radical (unpaired) electrons. The zero-order valence-electron chi connectivity index (χ0n) is 12.6. The smallest absolute Gasteiger partial charge is 0.252 e. The molecule has 1 aromatic heterocycles. The van der Waals surface area contributed by atoms with Gasteiger partial charge in [-0.2, -0.15) is 4.98 Å². The lowest BCUT2D eigenvalue weighted by molar-refractivity contribution is -0.124. The van der Waals surface area contributed by atoms with Gasteiger partial charge in [-0.3, -0.25) is 10.1 Å². The molecule has 19 heavy (non-hydrogen) atoms. The number of rotatable bonds is 3. The van der Waals surface area contributed by atoms with E-state index in [9.17, 15) is 4.79 Å². The van der Waals surface area contributed by atoms with Crippen molar-refractivity contribution >= 4 is 11.9 Å². The van der Waals surface area contributed by atoms with Crippen LogP contribution in [0.15, 0.2) is 6.33 Å². The van der Waals surface area contributed by atoms with E-state index in [2.05, 4.69) is 36.2 Å². The Kier molecular flexibility index (Phi) is 4.22. The van der Waals surface area contributed by atoms with Crippen LogP contribution in [0, 0.1) is 16.7 Å². The third kappa shape index (κ3) is 4.89. The van der Waals surface area contributed by atoms with Gasteiger partial charge in [-0.05, 0) is 17.3 Å². The third-order valence-corrected chi connectivity index (χ3v) is 2.89. The first-order valence-corrected chi connectivity index (χ1v) is 6.41. The van der Waals surface area contributed by atoms with Crippen molar-refractivity contribution in [1.82, 2.24) is 14.9 Å². The summed E-state index contributed by atoms with van der Waals surface area (Å²) in [5.74, 6) is -0.151. The largest absolute Gasteiger partial charge is 0.410 e. The normalized spacial score (nSPS) is 14.2. The van der Waals surface area contributed by atoms with Crippen LogP contribution >= 0.6 is 0 Å². The Bertz CT molecular complexity index is 440. The second-order valence-corrected chi connectivity index (χ2v) is 7.16. The van der Waals surface area contributed by atoms with Crippen LogP contribution in [-0.2, 0) is 4.79 Å². The number of carbonyl (C=O) groups is 1. The lowest BCUT2D eigenvalue weighted by Crippen LogP contribution is -2.36. The quantitative estimate of drug-likeness (QED) is 0.826. The van der Waals surface area contributed by atoms with Crippen molar-refractivity contribution in [1.29, 1.82) is 0 Å². The molecule has 0 aromatic carbocycles. The van der Waals surface area contributed by atoms with Crippen molar-refractivity contribution in [2.45, 2.75) is 48.0 Å². The molecule has 1 unspecified atom stereocenters. The molecule has 0 aliphatic heterocycles. The number of nitrogens with zero attached hydrogens (tertiary/aromatic N) is 3.